The molecule has 0 saturated heterocycles. The van der Waals surface area contributed by atoms with E-state index in [1.165, 1.54) is 0 Å². The van der Waals surface area contributed by atoms with E-state index in [1.807, 2.05) is 67.8 Å². The van der Waals surface area contributed by atoms with Crippen LogP contribution >= 0.6 is 11.8 Å². The van der Waals surface area contributed by atoms with E-state index in [2.05, 4.69) is 0 Å². The van der Waals surface area contributed by atoms with Crippen molar-refractivity contribution in [1.82, 2.24) is 0 Å². The average Bonchev–Trinajstić information content (AvgIpc) is 2.55. The molecule has 1 aliphatic heterocycles. The molecule has 2 aromatic carbocycles. The first-order valence-corrected chi connectivity index (χ1v) is 8.07. The minimum Gasteiger partial charge on any atom is -0.480 e. The van der Waals surface area contributed by atoms with Gasteiger partial charge in [-0.25, -0.2) is 0 Å². The second kappa shape index (κ2) is 5.78. The molecule has 0 saturated carbocycles. The van der Waals surface area contributed by atoms with Crippen LogP contribution in [0.25, 0.3) is 0 Å². The number of ether oxygens (including phenoxy) is 1. The van der Waals surface area contributed by atoms with Crippen molar-refractivity contribution in [1.29, 1.82) is 0 Å². The third kappa shape index (κ3) is 2.49. The van der Waals surface area contributed by atoms with Gasteiger partial charge in [-0.2, -0.15) is 0 Å². The summed E-state index contributed by atoms with van der Waals surface area (Å²) in [5.74, 6) is 0.723. The standard InChI is InChI=1S/C18H16O2S/c1-3-14-17(19)15-11-13(21-2)9-10-16(15)20-18(14)12-7-5-4-6-8-12/h3-11,18H,1-2H3/b14-3-. The molecular weight excluding hydrogens is 280 g/mol. The quantitative estimate of drug-likeness (QED) is 0.595. The van der Waals surface area contributed by atoms with Crippen LogP contribution in [0.2, 0.25) is 0 Å². The molecule has 0 aromatic heterocycles. The van der Waals surface area contributed by atoms with Crippen LogP contribution in [-0.4, -0.2) is 12.0 Å². The first kappa shape index (κ1) is 14.0. The van der Waals surface area contributed by atoms with E-state index in [9.17, 15) is 4.79 Å². The summed E-state index contributed by atoms with van der Waals surface area (Å²) in [6, 6.07) is 15.6. The normalized spacial score (nSPS) is 19.2. The van der Waals surface area contributed by atoms with Crippen molar-refractivity contribution in [3.63, 3.8) is 0 Å². The average molecular weight is 296 g/mol. The summed E-state index contributed by atoms with van der Waals surface area (Å²) in [5, 5.41) is 0. The predicted octanol–water partition coefficient (Wildman–Crippen LogP) is 4.67. The first-order valence-electron chi connectivity index (χ1n) is 6.85. The molecule has 3 rings (SSSR count). The smallest absolute Gasteiger partial charge is 0.196 e. The minimum atomic E-state index is -0.323. The lowest BCUT2D eigenvalue weighted by molar-refractivity contribution is 0.0960. The van der Waals surface area contributed by atoms with Crippen molar-refractivity contribution in [2.24, 2.45) is 0 Å². The zero-order valence-corrected chi connectivity index (χ0v) is 12.8. The zero-order valence-electron chi connectivity index (χ0n) is 12.0. The van der Waals surface area contributed by atoms with Gasteiger partial charge in [0.1, 0.15) is 5.75 Å². The highest BCUT2D eigenvalue weighted by atomic mass is 32.2. The molecule has 0 radical (unpaired) electrons. The third-order valence-electron chi connectivity index (χ3n) is 3.63. The van der Waals surface area contributed by atoms with Gasteiger partial charge in [-0.1, -0.05) is 36.4 Å². The topological polar surface area (TPSA) is 26.3 Å². The van der Waals surface area contributed by atoms with Gasteiger partial charge in [0.15, 0.2) is 11.9 Å². The Morgan fingerprint density at radius 2 is 1.90 bits per heavy atom. The largest absolute Gasteiger partial charge is 0.480 e. The summed E-state index contributed by atoms with van der Waals surface area (Å²) < 4.78 is 6.09. The number of thioether (sulfide) groups is 1. The van der Waals surface area contributed by atoms with Gasteiger partial charge in [0.2, 0.25) is 0 Å². The molecule has 0 spiro atoms. The second-order valence-corrected chi connectivity index (χ2v) is 5.72. The molecule has 3 heteroatoms. The maximum atomic E-state index is 12.7. The number of hydrogen-bond acceptors (Lipinski definition) is 3. The Morgan fingerprint density at radius 3 is 2.57 bits per heavy atom. The van der Waals surface area contributed by atoms with E-state index in [0.29, 0.717) is 16.9 Å². The molecule has 0 aliphatic carbocycles. The highest BCUT2D eigenvalue weighted by molar-refractivity contribution is 7.98. The Morgan fingerprint density at radius 1 is 1.14 bits per heavy atom. The molecule has 21 heavy (non-hydrogen) atoms. The zero-order chi connectivity index (χ0) is 14.8. The van der Waals surface area contributed by atoms with E-state index in [0.717, 1.165) is 10.5 Å². The maximum absolute atomic E-state index is 12.7. The van der Waals surface area contributed by atoms with Gasteiger partial charge in [0.25, 0.3) is 0 Å². The van der Waals surface area contributed by atoms with Crippen LogP contribution < -0.4 is 4.74 Å². The van der Waals surface area contributed by atoms with Gasteiger partial charge in [-0.05, 0) is 36.9 Å². The Kier molecular flexibility index (Phi) is 3.84. The first-order chi connectivity index (χ1) is 10.2. The van der Waals surface area contributed by atoms with Crippen LogP contribution in [0.5, 0.6) is 5.75 Å². The van der Waals surface area contributed by atoms with Crippen LogP contribution in [-0.2, 0) is 0 Å². The number of fused-ring (bicyclic) bond motifs is 1. The Bertz CT molecular complexity index is 704. The van der Waals surface area contributed by atoms with Crippen molar-refractivity contribution in [3.8, 4) is 5.75 Å². The highest BCUT2D eigenvalue weighted by Crippen LogP contribution is 2.39. The number of ketones is 1. The van der Waals surface area contributed by atoms with Crippen molar-refractivity contribution in [2.45, 2.75) is 17.9 Å². The van der Waals surface area contributed by atoms with Gasteiger partial charge in [-0.15, -0.1) is 11.8 Å². The van der Waals surface area contributed by atoms with Crippen LogP contribution in [0.15, 0.2) is 65.1 Å². The fourth-order valence-electron chi connectivity index (χ4n) is 2.54. The van der Waals surface area contributed by atoms with Crippen molar-refractivity contribution in [3.05, 3.63) is 71.3 Å². The lowest BCUT2D eigenvalue weighted by Crippen LogP contribution is -2.23. The molecule has 1 aliphatic rings. The van der Waals surface area contributed by atoms with Crippen molar-refractivity contribution in [2.75, 3.05) is 6.26 Å². The van der Waals surface area contributed by atoms with E-state index in [-0.39, 0.29) is 11.9 Å². The van der Waals surface area contributed by atoms with E-state index in [4.69, 9.17) is 4.74 Å². The number of rotatable bonds is 2. The van der Waals surface area contributed by atoms with E-state index in [1.54, 1.807) is 11.8 Å². The molecule has 2 aromatic rings. The van der Waals surface area contributed by atoms with Gasteiger partial charge < -0.3 is 4.74 Å². The molecule has 2 nitrogen and oxygen atoms in total. The number of carbonyl (C=O) groups excluding carboxylic acids is 1. The highest BCUT2D eigenvalue weighted by Gasteiger charge is 2.32. The number of hydrogen-bond donors (Lipinski definition) is 0. The monoisotopic (exact) mass is 296 g/mol. The molecule has 106 valence electrons. The predicted molar refractivity (Wildman–Crippen MR) is 86.1 cm³/mol. The summed E-state index contributed by atoms with van der Waals surface area (Å²) >= 11 is 1.62. The van der Waals surface area contributed by atoms with E-state index < -0.39 is 0 Å². The molecule has 1 heterocycles. The Labute approximate surface area is 128 Å². The molecule has 0 N–H and O–H groups in total. The van der Waals surface area contributed by atoms with Crippen LogP contribution in [0.3, 0.4) is 0 Å². The van der Waals surface area contributed by atoms with E-state index >= 15 is 0 Å². The number of Topliss-reactive ketones (excluding diaryl/α,β-unsaturated/α-hetero) is 1. The summed E-state index contributed by atoms with van der Waals surface area (Å²) in [6.45, 7) is 1.88. The lowest BCUT2D eigenvalue weighted by Gasteiger charge is -2.28. The fourth-order valence-corrected chi connectivity index (χ4v) is 2.98. The molecule has 1 unspecified atom stereocenters. The Balaban J connectivity index is 2.09. The lowest BCUT2D eigenvalue weighted by atomic mass is 9.91. The van der Waals surface area contributed by atoms with Gasteiger partial charge >= 0.3 is 0 Å². The summed E-state index contributed by atoms with van der Waals surface area (Å²) in [6.07, 6.45) is 3.53. The fraction of sp³-hybridized carbons (Fsp3) is 0.167. The Hall–Kier alpha value is -2.00. The van der Waals surface area contributed by atoms with Crippen molar-refractivity contribution >= 4 is 17.5 Å². The molecule has 0 fully saturated rings. The summed E-state index contributed by atoms with van der Waals surface area (Å²) in [4.78, 5) is 13.8. The molecule has 0 bridgehead atoms. The molecular formula is C18H16O2S. The van der Waals surface area contributed by atoms with Crippen LogP contribution in [0, 0.1) is 0 Å². The maximum Gasteiger partial charge on any atom is 0.196 e. The second-order valence-electron chi connectivity index (χ2n) is 4.84. The third-order valence-corrected chi connectivity index (χ3v) is 4.36. The number of allylic oxidation sites excluding steroid dienone is 1. The van der Waals surface area contributed by atoms with Crippen LogP contribution in [0.1, 0.15) is 28.9 Å². The summed E-state index contributed by atoms with van der Waals surface area (Å²) in [5.41, 5.74) is 2.35. The van der Waals surface area contributed by atoms with Gasteiger partial charge in [0, 0.05) is 10.5 Å². The minimum absolute atomic E-state index is 0.0588. The SMILES string of the molecule is C/C=C1/C(=O)c2cc(SC)ccc2OC1c1ccccc1. The van der Waals surface area contributed by atoms with Crippen molar-refractivity contribution < 1.29 is 9.53 Å². The number of benzene rings is 2. The number of carbonyl (C=O) groups is 1. The van der Waals surface area contributed by atoms with Gasteiger partial charge in [-0.3, -0.25) is 4.79 Å². The molecule has 0 amide bonds. The molecule has 1 atom stereocenters. The summed E-state index contributed by atoms with van der Waals surface area (Å²) in [7, 11) is 0. The van der Waals surface area contributed by atoms with Gasteiger partial charge in [0.05, 0.1) is 5.56 Å². The van der Waals surface area contributed by atoms with Crippen LogP contribution in [0.4, 0.5) is 0 Å².